The Balaban J connectivity index is 1.84. The number of anilines is 2. The van der Waals surface area contributed by atoms with E-state index >= 15 is 0 Å². The zero-order valence-electron chi connectivity index (χ0n) is 15.8. The summed E-state index contributed by atoms with van der Waals surface area (Å²) in [5.41, 5.74) is 3.75. The molecular formula is C23H20N2O4. The van der Waals surface area contributed by atoms with Crippen molar-refractivity contribution in [1.82, 2.24) is 0 Å². The number of carbonyl (C=O) groups is 2. The van der Waals surface area contributed by atoms with Crippen molar-refractivity contribution in [3.05, 3.63) is 89.5 Å². The smallest absolute Gasteiger partial charge is 0.341 e. The Hall–Kier alpha value is -3.80. The highest BCUT2D eigenvalue weighted by atomic mass is 16.5. The van der Waals surface area contributed by atoms with Crippen molar-refractivity contribution >= 4 is 23.3 Å². The number of aliphatic carboxylic acids is 1. The second kappa shape index (κ2) is 7.67. The number of hydrogen-bond donors (Lipinski definition) is 2. The molecule has 0 aliphatic carbocycles. The predicted molar refractivity (Wildman–Crippen MR) is 110 cm³/mol. The molecular weight excluding hydrogens is 368 g/mol. The van der Waals surface area contributed by atoms with Crippen molar-refractivity contribution in [3.63, 3.8) is 0 Å². The second-order valence-corrected chi connectivity index (χ2v) is 6.83. The van der Waals surface area contributed by atoms with Gasteiger partial charge in [0.15, 0.2) is 6.61 Å². The fraction of sp³-hybridized carbons (Fsp3) is 0.130. The largest absolute Gasteiger partial charge is 0.481 e. The minimum atomic E-state index is -1.06. The highest BCUT2D eigenvalue weighted by Crippen LogP contribution is 2.39. The van der Waals surface area contributed by atoms with E-state index in [-0.39, 0.29) is 5.91 Å². The molecule has 0 unspecified atom stereocenters. The Labute approximate surface area is 168 Å². The lowest BCUT2D eigenvalue weighted by Gasteiger charge is -2.38. The maximum absolute atomic E-state index is 13.4. The number of para-hydroxylation sites is 2. The molecule has 4 rings (SSSR count). The Bertz CT molecular complexity index is 1080. The molecule has 1 amide bonds. The van der Waals surface area contributed by atoms with Crippen molar-refractivity contribution in [1.29, 1.82) is 0 Å². The van der Waals surface area contributed by atoms with Crippen LogP contribution in [-0.4, -0.2) is 23.6 Å². The van der Waals surface area contributed by atoms with Crippen LogP contribution in [-0.2, 0) is 4.79 Å². The lowest BCUT2D eigenvalue weighted by Crippen LogP contribution is -2.43. The highest BCUT2D eigenvalue weighted by Gasteiger charge is 2.35. The Morgan fingerprint density at radius 2 is 1.83 bits per heavy atom. The van der Waals surface area contributed by atoms with Gasteiger partial charge in [-0.05, 0) is 42.8 Å². The van der Waals surface area contributed by atoms with E-state index in [2.05, 4.69) is 5.32 Å². The number of aryl methyl sites for hydroxylation is 1. The van der Waals surface area contributed by atoms with Crippen LogP contribution in [0.1, 0.15) is 27.7 Å². The zero-order valence-corrected chi connectivity index (χ0v) is 15.8. The number of hydrogen-bond acceptors (Lipinski definition) is 4. The first-order chi connectivity index (χ1) is 14.0. The summed E-state index contributed by atoms with van der Waals surface area (Å²) in [6.45, 7) is 1.51. The van der Waals surface area contributed by atoms with E-state index in [1.54, 1.807) is 23.1 Å². The van der Waals surface area contributed by atoms with Gasteiger partial charge < -0.3 is 15.2 Å². The molecule has 3 aromatic carbocycles. The second-order valence-electron chi connectivity index (χ2n) is 6.83. The number of ether oxygens (including phenoxy) is 1. The van der Waals surface area contributed by atoms with Gasteiger partial charge in [0.2, 0.25) is 0 Å². The molecule has 1 heterocycles. The lowest BCUT2D eigenvalue weighted by atomic mass is 10.0. The van der Waals surface area contributed by atoms with Crippen molar-refractivity contribution in [2.24, 2.45) is 0 Å². The number of nitrogens with one attached hydrogen (secondary N) is 1. The van der Waals surface area contributed by atoms with E-state index in [9.17, 15) is 9.59 Å². The maximum Gasteiger partial charge on any atom is 0.341 e. The molecule has 146 valence electrons. The van der Waals surface area contributed by atoms with E-state index in [1.807, 2.05) is 61.5 Å². The molecule has 0 bridgehead atoms. The summed E-state index contributed by atoms with van der Waals surface area (Å²) in [4.78, 5) is 26.1. The normalized spacial score (nSPS) is 15.4. The molecule has 0 fully saturated rings. The Morgan fingerprint density at radius 1 is 1.07 bits per heavy atom. The summed E-state index contributed by atoms with van der Waals surface area (Å²) in [6, 6.07) is 22.2. The number of amides is 1. The number of rotatable bonds is 5. The molecule has 29 heavy (non-hydrogen) atoms. The molecule has 6 heteroatoms. The summed E-state index contributed by atoms with van der Waals surface area (Å²) in [7, 11) is 0. The molecule has 0 spiro atoms. The third kappa shape index (κ3) is 3.65. The fourth-order valence-corrected chi connectivity index (χ4v) is 3.49. The molecule has 3 aromatic rings. The van der Waals surface area contributed by atoms with Crippen molar-refractivity contribution in [3.8, 4) is 5.75 Å². The minimum absolute atomic E-state index is 0.136. The van der Waals surface area contributed by atoms with Gasteiger partial charge in [0.25, 0.3) is 5.91 Å². The van der Waals surface area contributed by atoms with Crippen LogP contribution in [0.5, 0.6) is 5.75 Å². The minimum Gasteiger partial charge on any atom is -0.481 e. The number of fused-ring (bicyclic) bond motifs is 1. The number of carboxylic acid groups (broad SMARTS) is 1. The fourth-order valence-electron chi connectivity index (χ4n) is 3.49. The van der Waals surface area contributed by atoms with Crippen LogP contribution in [0.25, 0.3) is 0 Å². The van der Waals surface area contributed by atoms with Crippen molar-refractivity contribution in [2.45, 2.75) is 13.1 Å². The van der Waals surface area contributed by atoms with Gasteiger partial charge in [0.1, 0.15) is 11.9 Å². The molecule has 0 saturated carbocycles. The van der Waals surface area contributed by atoms with Crippen LogP contribution in [0.4, 0.5) is 11.4 Å². The van der Waals surface area contributed by atoms with Gasteiger partial charge in [-0.25, -0.2) is 4.79 Å². The van der Waals surface area contributed by atoms with Crippen LogP contribution in [0.2, 0.25) is 0 Å². The summed E-state index contributed by atoms with van der Waals surface area (Å²) >= 11 is 0. The van der Waals surface area contributed by atoms with Crippen LogP contribution >= 0.6 is 0 Å². The van der Waals surface area contributed by atoms with Gasteiger partial charge >= 0.3 is 5.97 Å². The summed E-state index contributed by atoms with van der Waals surface area (Å²) in [6.07, 6.45) is -0.552. The summed E-state index contributed by atoms with van der Waals surface area (Å²) in [5.74, 6) is -0.784. The molecule has 6 nitrogen and oxygen atoms in total. The van der Waals surface area contributed by atoms with E-state index in [0.717, 1.165) is 16.9 Å². The molecule has 0 saturated heterocycles. The number of benzene rings is 3. The number of nitrogens with zero attached hydrogens (tertiary/aromatic N) is 1. The molecule has 1 atom stereocenters. The molecule has 1 aliphatic rings. The molecule has 2 N–H and O–H groups in total. The average molecular weight is 388 g/mol. The van der Waals surface area contributed by atoms with Gasteiger partial charge in [-0.1, -0.05) is 42.5 Å². The molecule has 0 radical (unpaired) electrons. The van der Waals surface area contributed by atoms with Gasteiger partial charge in [-0.15, -0.1) is 0 Å². The highest BCUT2D eigenvalue weighted by molar-refractivity contribution is 6.12. The maximum atomic E-state index is 13.4. The van der Waals surface area contributed by atoms with Crippen LogP contribution in [0, 0.1) is 6.92 Å². The number of carbonyl (C=O) groups excluding carboxylic acids is 1. The van der Waals surface area contributed by atoms with E-state index < -0.39 is 18.7 Å². The van der Waals surface area contributed by atoms with Crippen molar-refractivity contribution < 1.29 is 19.4 Å². The molecule has 1 aliphatic heterocycles. The lowest BCUT2D eigenvalue weighted by molar-refractivity contribution is -0.139. The van der Waals surface area contributed by atoms with Gasteiger partial charge in [-0.2, -0.15) is 0 Å². The van der Waals surface area contributed by atoms with Crippen LogP contribution in [0.3, 0.4) is 0 Å². The van der Waals surface area contributed by atoms with Crippen LogP contribution < -0.4 is 15.0 Å². The van der Waals surface area contributed by atoms with E-state index in [0.29, 0.717) is 16.9 Å². The van der Waals surface area contributed by atoms with Gasteiger partial charge in [-0.3, -0.25) is 9.69 Å². The average Bonchev–Trinajstić information content (AvgIpc) is 2.72. The van der Waals surface area contributed by atoms with E-state index in [4.69, 9.17) is 9.84 Å². The summed E-state index contributed by atoms with van der Waals surface area (Å²) < 4.78 is 5.51. The van der Waals surface area contributed by atoms with Crippen molar-refractivity contribution in [2.75, 3.05) is 16.8 Å². The first-order valence-electron chi connectivity index (χ1n) is 9.24. The Morgan fingerprint density at radius 3 is 2.62 bits per heavy atom. The van der Waals surface area contributed by atoms with Gasteiger partial charge in [0.05, 0.1) is 5.56 Å². The SMILES string of the molecule is Cc1cccc(N2C(=O)c3ccccc3N[C@@H]2c2ccccc2OCC(=O)O)c1. The first kappa shape index (κ1) is 18.6. The third-order valence-electron chi connectivity index (χ3n) is 4.77. The quantitative estimate of drug-likeness (QED) is 0.684. The zero-order chi connectivity index (χ0) is 20.4. The standard InChI is InChI=1S/C23H20N2O4/c1-15-7-6-8-16(13-15)25-22(24-19-11-4-2-9-17(19)23(25)28)18-10-3-5-12-20(18)29-14-21(26)27/h2-13,22,24H,14H2,1H3,(H,26,27)/t22-/m0/s1. The van der Waals surface area contributed by atoms with Crippen LogP contribution in [0.15, 0.2) is 72.8 Å². The Kier molecular flexibility index (Phi) is 4.91. The third-order valence-corrected chi connectivity index (χ3v) is 4.77. The monoisotopic (exact) mass is 388 g/mol. The predicted octanol–water partition coefficient (Wildman–Crippen LogP) is 4.23. The molecule has 0 aromatic heterocycles. The first-order valence-corrected chi connectivity index (χ1v) is 9.24. The topological polar surface area (TPSA) is 78.9 Å². The van der Waals surface area contributed by atoms with Gasteiger partial charge in [0, 0.05) is 16.9 Å². The number of carboxylic acids is 1. The van der Waals surface area contributed by atoms with E-state index in [1.165, 1.54) is 0 Å². The summed E-state index contributed by atoms with van der Waals surface area (Å²) in [5, 5.41) is 12.4.